The third-order valence-electron chi connectivity index (χ3n) is 3.28. The van der Waals surface area contributed by atoms with Crippen LogP contribution in [0, 0.1) is 13.8 Å². The van der Waals surface area contributed by atoms with Crippen LogP contribution < -0.4 is 0 Å². The van der Waals surface area contributed by atoms with Gasteiger partial charge in [-0.2, -0.15) is 0 Å². The Morgan fingerprint density at radius 2 is 2.00 bits per heavy atom. The molecule has 0 amide bonds. The van der Waals surface area contributed by atoms with Gasteiger partial charge in [0, 0.05) is 12.5 Å². The monoisotopic (exact) mass is 249 g/mol. The molecule has 0 radical (unpaired) electrons. The molecule has 1 aromatic rings. The minimum atomic E-state index is -0.715. The number of carboxylic acids is 1. The maximum atomic E-state index is 10.6. The zero-order valence-corrected chi connectivity index (χ0v) is 11.7. The summed E-state index contributed by atoms with van der Waals surface area (Å²) >= 11 is 0. The van der Waals surface area contributed by atoms with Crippen molar-refractivity contribution in [3.8, 4) is 0 Å². The highest BCUT2D eigenvalue weighted by molar-refractivity contribution is 5.66. The first-order valence-electron chi connectivity index (χ1n) is 6.37. The van der Waals surface area contributed by atoms with Gasteiger partial charge in [-0.05, 0) is 51.9 Å². The van der Waals surface area contributed by atoms with E-state index in [-0.39, 0.29) is 6.42 Å². The predicted octanol–water partition coefficient (Wildman–Crippen LogP) is 3.16. The van der Waals surface area contributed by atoms with E-state index in [1.807, 2.05) is 14.1 Å². The van der Waals surface area contributed by atoms with Crippen LogP contribution in [-0.4, -0.2) is 30.1 Å². The number of carbonyl (C=O) groups is 1. The largest absolute Gasteiger partial charge is 0.481 e. The van der Waals surface area contributed by atoms with Gasteiger partial charge < -0.3 is 10.0 Å². The van der Waals surface area contributed by atoms with Crippen molar-refractivity contribution in [2.75, 3.05) is 14.1 Å². The SMILES string of the molecule is Cc1ccc(C(CCCC(=O)O)N(C)C)c(C)c1. The Kier molecular flexibility index (Phi) is 5.35. The van der Waals surface area contributed by atoms with E-state index < -0.39 is 5.97 Å². The zero-order valence-electron chi connectivity index (χ0n) is 11.7. The maximum Gasteiger partial charge on any atom is 0.303 e. The van der Waals surface area contributed by atoms with Crippen molar-refractivity contribution in [2.24, 2.45) is 0 Å². The molecule has 1 unspecified atom stereocenters. The van der Waals surface area contributed by atoms with Gasteiger partial charge in [-0.3, -0.25) is 4.79 Å². The van der Waals surface area contributed by atoms with E-state index in [4.69, 9.17) is 5.11 Å². The molecule has 0 bridgehead atoms. The summed E-state index contributed by atoms with van der Waals surface area (Å²) in [6.45, 7) is 4.21. The Labute approximate surface area is 109 Å². The van der Waals surface area contributed by atoms with E-state index in [0.717, 1.165) is 6.42 Å². The fraction of sp³-hybridized carbons (Fsp3) is 0.533. The lowest BCUT2D eigenvalue weighted by Gasteiger charge is -2.26. The second-order valence-corrected chi connectivity index (χ2v) is 5.13. The summed E-state index contributed by atoms with van der Waals surface area (Å²) in [6, 6.07) is 6.76. The van der Waals surface area contributed by atoms with Gasteiger partial charge in [0.05, 0.1) is 0 Å². The van der Waals surface area contributed by atoms with Crippen LogP contribution in [-0.2, 0) is 4.79 Å². The van der Waals surface area contributed by atoms with E-state index in [0.29, 0.717) is 12.5 Å². The number of benzene rings is 1. The minimum absolute atomic E-state index is 0.245. The molecular formula is C15H23NO2. The lowest BCUT2D eigenvalue weighted by atomic mass is 9.95. The molecule has 0 aliphatic rings. The smallest absolute Gasteiger partial charge is 0.303 e. The van der Waals surface area contributed by atoms with Gasteiger partial charge in [0.2, 0.25) is 0 Å². The number of aryl methyl sites for hydroxylation is 2. The van der Waals surface area contributed by atoms with Crippen molar-refractivity contribution in [1.29, 1.82) is 0 Å². The van der Waals surface area contributed by atoms with Crippen molar-refractivity contribution in [1.82, 2.24) is 4.90 Å². The van der Waals surface area contributed by atoms with Crippen molar-refractivity contribution in [3.05, 3.63) is 34.9 Å². The van der Waals surface area contributed by atoms with Gasteiger partial charge in [-0.1, -0.05) is 23.8 Å². The molecular weight excluding hydrogens is 226 g/mol. The maximum absolute atomic E-state index is 10.6. The molecule has 0 saturated carbocycles. The molecule has 0 fully saturated rings. The highest BCUT2D eigenvalue weighted by Gasteiger charge is 2.16. The van der Waals surface area contributed by atoms with E-state index in [1.165, 1.54) is 16.7 Å². The van der Waals surface area contributed by atoms with E-state index >= 15 is 0 Å². The Bertz CT molecular complexity index is 413. The van der Waals surface area contributed by atoms with Crippen LogP contribution in [0.25, 0.3) is 0 Å². The Balaban J connectivity index is 2.80. The summed E-state index contributed by atoms with van der Waals surface area (Å²) in [6.07, 6.45) is 1.84. The summed E-state index contributed by atoms with van der Waals surface area (Å²) in [4.78, 5) is 12.8. The normalized spacial score (nSPS) is 12.7. The second kappa shape index (κ2) is 6.55. The summed E-state index contributed by atoms with van der Waals surface area (Å²) in [7, 11) is 4.09. The summed E-state index contributed by atoms with van der Waals surface area (Å²) in [5.74, 6) is -0.715. The Hall–Kier alpha value is -1.35. The highest BCUT2D eigenvalue weighted by atomic mass is 16.4. The number of rotatable bonds is 6. The molecule has 0 saturated heterocycles. The summed E-state index contributed by atoms with van der Waals surface area (Å²) < 4.78 is 0. The lowest BCUT2D eigenvalue weighted by molar-refractivity contribution is -0.137. The number of hydrogen-bond donors (Lipinski definition) is 1. The average molecular weight is 249 g/mol. The fourth-order valence-electron chi connectivity index (χ4n) is 2.34. The van der Waals surface area contributed by atoms with E-state index in [2.05, 4.69) is 36.9 Å². The molecule has 18 heavy (non-hydrogen) atoms. The van der Waals surface area contributed by atoms with Gasteiger partial charge >= 0.3 is 5.97 Å². The molecule has 0 aliphatic heterocycles. The molecule has 1 N–H and O–H groups in total. The summed E-state index contributed by atoms with van der Waals surface area (Å²) in [5, 5.41) is 8.71. The van der Waals surface area contributed by atoms with Crippen LogP contribution in [0.15, 0.2) is 18.2 Å². The number of nitrogens with zero attached hydrogens (tertiary/aromatic N) is 1. The van der Waals surface area contributed by atoms with Crippen LogP contribution in [0.3, 0.4) is 0 Å². The molecule has 1 atom stereocenters. The van der Waals surface area contributed by atoms with Crippen LogP contribution in [0.1, 0.15) is 42.0 Å². The number of hydrogen-bond acceptors (Lipinski definition) is 2. The minimum Gasteiger partial charge on any atom is -0.481 e. The average Bonchev–Trinajstić information content (AvgIpc) is 2.25. The Morgan fingerprint density at radius 1 is 1.33 bits per heavy atom. The van der Waals surface area contributed by atoms with E-state index in [1.54, 1.807) is 0 Å². The highest BCUT2D eigenvalue weighted by Crippen LogP contribution is 2.27. The first-order valence-corrected chi connectivity index (χ1v) is 6.37. The van der Waals surface area contributed by atoms with Crippen molar-refractivity contribution in [2.45, 2.75) is 39.2 Å². The molecule has 0 heterocycles. The van der Waals surface area contributed by atoms with Crippen LogP contribution in [0.2, 0.25) is 0 Å². The predicted molar refractivity (Wildman–Crippen MR) is 73.8 cm³/mol. The topological polar surface area (TPSA) is 40.5 Å². The van der Waals surface area contributed by atoms with Crippen molar-refractivity contribution < 1.29 is 9.90 Å². The number of aliphatic carboxylic acids is 1. The summed E-state index contributed by atoms with van der Waals surface area (Å²) in [5.41, 5.74) is 3.85. The van der Waals surface area contributed by atoms with Gasteiger partial charge in [0.15, 0.2) is 0 Å². The lowest BCUT2D eigenvalue weighted by Crippen LogP contribution is -2.21. The van der Waals surface area contributed by atoms with Gasteiger partial charge in [-0.25, -0.2) is 0 Å². The molecule has 0 spiro atoms. The van der Waals surface area contributed by atoms with Crippen molar-refractivity contribution >= 4 is 5.97 Å². The molecule has 0 aliphatic carbocycles. The molecule has 3 nitrogen and oxygen atoms in total. The zero-order chi connectivity index (χ0) is 13.7. The third kappa shape index (κ3) is 4.15. The van der Waals surface area contributed by atoms with Crippen molar-refractivity contribution in [3.63, 3.8) is 0 Å². The van der Waals surface area contributed by atoms with Crippen LogP contribution in [0.4, 0.5) is 0 Å². The van der Waals surface area contributed by atoms with Gasteiger partial charge in [-0.15, -0.1) is 0 Å². The quantitative estimate of drug-likeness (QED) is 0.842. The van der Waals surface area contributed by atoms with E-state index in [9.17, 15) is 4.79 Å². The third-order valence-corrected chi connectivity index (χ3v) is 3.28. The second-order valence-electron chi connectivity index (χ2n) is 5.13. The Morgan fingerprint density at radius 3 is 2.50 bits per heavy atom. The molecule has 3 heteroatoms. The van der Waals surface area contributed by atoms with Gasteiger partial charge in [0.1, 0.15) is 0 Å². The van der Waals surface area contributed by atoms with Crippen LogP contribution in [0.5, 0.6) is 0 Å². The first kappa shape index (κ1) is 14.7. The fourth-order valence-corrected chi connectivity index (χ4v) is 2.34. The molecule has 1 rings (SSSR count). The molecule has 1 aromatic carbocycles. The number of carboxylic acid groups (broad SMARTS) is 1. The molecule has 100 valence electrons. The van der Waals surface area contributed by atoms with Crippen LogP contribution >= 0.6 is 0 Å². The first-order chi connectivity index (χ1) is 8.41. The van der Waals surface area contributed by atoms with Gasteiger partial charge in [0.25, 0.3) is 0 Å². The molecule has 0 aromatic heterocycles. The standard InChI is InChI=1S/C15H23NO2/c1-11-8-9-13(12(2)10-11)14(16(3)4)6-5-7-15(17)18/h8-10,14H,5-7H2,1-4H3,(H,17,18).